The summed E-state index contributed by atoms with van der Waals surface area (Å²) in [5, 5.41) is 2.12. The molecule has 6 rings (SSSR count). The van der Waals surface area contributed by atoms with E-state index in [2.05, 4.69) is 72.9 Å². The van der Waals surface area contributed by atoms with Crippen molar-refractivity contribution in [3.63, 3.8) is 0 Å². The number of benzene rings is 2. The fraction of sp³-hybridized carbons (Fsp3) is 0.486. The van der Waals surface area contributed by atoms with Crippen LogP contribution in [0.4, 0.5) is 5.69 Å². The van der Waals surface area contributed by atoms with Crippen LogP contribution in [-0.4, -0.2) is 60.6 Å². The third kappa shape index (κ3) is 6.21. The van der Waals surface area contributed by atoms with E-state index in [4.69, 9.17) is 4.99 Å². The molecular formula is C35H45N4O6S2+. The van der Waals surface area contributed by atoms with Crippen LogP contribution >= 0.6 is 0 Å². The Labute approximate surface area is 277 Å². The predicted molar refractivity (Wildman–Crippen MR) is 183 cm³/mol. The molecule has 0 fully saturated rings. The van der Waals surface area contributed by atoms with Crippen molar-refractivity contribution in [1.29, 1.82) is 0 Å². The van der Waals surface area contributed by atoms with Gasteiger partial charge in [-0.3, -0.25) is 14.1 Å². The number of rotatable bonds is 9. The van der Waals surface area contributed by atoms with E-state index in [-0.39, 0.29) is 5.75 Å². The van der Waals surface area contributed by atoms with Crippen LogP contribution in [0.5, 0.6) is 0 Å². The van der Waals surface area contributed by atoms with Crippen molar-refractivity contribution < 1.29 is 30.5 Å². The second-order valence-corrected chi connectivity index (χ2v) is 17.2. The normalized spacial score (nSPS) is 18.1. The van der Waals surface area contributed by atoms with Gasteiger partial charge in [0.15, 0.2) is 0 Å². The summed E-state index contributed by atoms with van der Waals surface area (Å²) in [7, 11) is -6.36. The maximum atomic E-state index is 12.3. The molecule has 0 unspecified atom stereocenters. The van der Waals surface area contributed by atoms with Crippen LogP contribution in [0.25, 0.3) is 11.1 Å². The highest BCUT2D eigenvalue weighted by Gasteiger charge is 2.41. The smallest absolute Gasteiger partial charge is 0.289 e. The molecule has 3 aliphatic rings. The first-order valence-corrected chi connectivity index (χ1v) is 19.5. The van der Waals surface area contributed by atoms with Gasteiger partial charge in [-0.25, -0.2) is 9.13 Å². The Kier molecular flexibility index (Phi) is 8.34. The molecule has 1 aromatic heterocycles. The Morgan fingerprint density at radius 3 is 2.38 bits per heavy atom. The zero-order chi connectivity index (χ0) is 34.1. The molecule has 2 aliphatic heterocycles. The predicted octanol–water partition coefficient (Wildman–Crippen LogP) is 3.32. The van der Waals surface area contributed by atoms with Gasteiger partial charge in [0.1, 0.15) is 18.1 Å². The molecule has 2 N–H and O–H groups in total. The van der Waals surface area contributed by atoms with Gasteiger partial charge in [-0.05, 0) is 104 Å². The van der Waals surface area contributed by atoms with Gasteiger partial charge < -0.3 is 4.90 Å². The molecule has 0 saturated heterocycles. The third-order valence-electron chi connectivity index (χ3n) is 9.99. The summed E-state index contributed by atoms with van der Waals surface area (Å²) in [6.45, 7) is 12.7. The fourth-order valence-corrected chi connectivity index (χ4v) is 9.08. The van der Waals surface area contributed by atoms with Crippen LogP contribution in [0.2, 0.25) is 0 Å². The molecule has 3 heterocycles. The maximum Gasteiger partial charge on any atom is 0.289 e. The number of aromatic nitrogens is 2. The lowest BCUT2D eigenvalue weighted by atomic mass is 9.68. The van der Waals surface area contributed by atoms with Gasteiger partial charge in [0.25, 0.3) is 26.1 Å². The Morgan fingerprint density at radius 2 is 1.70 bits per heavy atom. The summed E-state index contributed by atoms with van der Waals surface area (Å²) in [6, 6.07) is 8.85. The summed E-state index contributed by atoms with van der Waals surface area (Å²) >= 11 is 0. The van der Waals surface area contributed by atoms with Gasteiger partial charge in [0.05, 0.1) is 35.8 Å². The molecule has 0 atom stereocenters. The zero-order valence-corrected chi connectivity index (χ0v) is 29.7. The monoisotopic (exact) mass is 681 g/mol. The van der Waals surface area contributed by atoms with Crippen LogP contribution in [-0.2, 0) is 45.7 Å². The van der Waals surface area contributed by atoms with E-state index in [0.29, 0.717) is 31.5 Å². The van der Waals surface area contributed by atoms with Gasteiger partial charge in [0, 0.05) is 29.8 Å². The number of likely N-dealkylation sites (N-methyl/N-ethyl adjacent to an activating group) is 1. The van der Waals surface area contributed by atoms with Crippen molar-refractivity contribution in [2.45, 2.75) is 77.8 Å². The fourth-order valence-electron chi connectivity index (χ4n) is 7.87. The average molecular weight is 682 g/mol. The summed E-state index contributed by atoms with van der Waals surface area (Å²) < 4.78 is 71.0. The van der Waals surface area contributed by atoms with Crippen molar-refractivity contribution in [2.24, 2.45) is 12.0 Å². The molecule has 252 valence electrons. The number of imidazole rings is 1. The van der Waals surface area contributed by atoms with E-state index in [1.807, 2.05) is 25.5 Å². The Morgan fingerprint density at radius 1 is 0.957 bits per heavy atom. The highest BCUT2D eigenvalue weighted by molar-refractivity contribution is 7.86. The van der Waals surface area contributed by atoms with Gasteiger partial charge in [-0.15, -0.1) is 0 Å². The van der Waals surface area contributed by atoms with Crippen molar-refractivity contribution in [3.05, 3.63) is 87.0 Å². The lowest BCUT2D eigenvalue weighted by molar-refractivity contribution is -0.673. The number of unbranched alkanes of at least 4 members (excludes halogenated alkanes) is 1. The molecular weight excluding hydrogens is 637 g/mol. The van der Waals surface area contributed by atoms with Crippen LogP contribution < -0.4 is 20.0 Å². The van der Waals surface area contributed by atoms with E-state index in [0.717, 1.165) is 69.3 Å². The number of hydrogen-bond acceptors (Lipinski definition) is 6. The molecule has 2 aromatic carbocycles. The number of fused-ring (bicyclic) bond motifs is 4. The van der Waals surface area contributed by atoms with Crippen molar-refractivity contribution in [1.82, 2.24) is 4.57 Å². The highest BCUT2D eigenvalue weighted by Crippen LogP contribution is 2.47. The second kappa shape index (κ2) is 11.7. The maximum absolute atomic E-state index is 12.3. The van der Waals surface area contributed by atoms with Gasteiger partial charge in [-0.1, -0.05) is 19.9 Å². The molecule has 0 radical (unpaired) electrons. The van der Waals surface area contributed by atoms with Gasteiger partial charge >= 0.3 is 0 Å². The van der Waals surface area contributed by atoms with Gasteiger partial charge in [-0.2, -0.15) is 16.8 Å². The minimum atomic E-state index is -4.31. The highest BCUT2D eigenvalue weighted by atomic mass is 32.2. The minimum absolute atomic E-state index is 0.291. The van der Waals surface area contributed by atoms with Crippen molar-refractivity contribution in [2.75, 3.05) is 29.5 Å². The third-order valence-corrected chi connectivity index (χ3v) is 11.5. The Hall–Kier alpha value is -3.32. The quantitative estimate of drug-likeness (QED) is 0.201. The largest absolute Gasteiger partial charge is 0.363 e. The van der Waals surface area contributed by atoms with E-state index < -0.39 is 36.9 Å². The molecule has 1 aliphatic carbocycles. The van der Waals surface area contributed by atoms with Crippen molar-refractivity contribution in [3.8, 4) is 0 Å². The number of aryl methyl sites for hydroxylation is 3. The first-order chi connectivity index (χ1) is 21.9. The van der Waals surface area contributed by atoms with Crippen LogP contribution in [0, 0.1) is 0 Å². The second-order valence-electron chi connectivity index (χ2n) is 14.1. The molecule has 0 amide bonds. The average Bonchev–Trinajstić information content (AvgIpc) is 3.32. The number of nitrogens with zero attached hydrogens (tertiary/aromatic N) is 4. The Bertz CT molecular complexity index is 2160. The van der Waals surface area contributed by atoms with E-state index >= 15 is 0 Å². The summed E-state index contributed by atoms with van der Waals surface area (Å²) in [6.07, 6.45) is 8.73. The van der Waals surface area contributed by atoms with E-state index in [9.17, 15) is 25.9 Å². The number of anilines is 1. The SMILES string of the molecule is CCN1c2cc3c(cc2C(CS(=O)(=O)O)=CC1(C)C)C(c1n(CCCCS(=O)(=O)O)cc[n+]1C)=c1cc2c(cc1C3(C)C)=NCCC2. The summed E-state index contributed by atoms with van der Waals surface area (Å²) in [5.41, 5.74) is 6.83. The van der Waals surface area contributed by atoms with E-state index in [1.54, 1.807) is 0 Å². The minimum Gasteiger partial charge on any atom is -0.363 e. The van der Waals surface area contributed by atoms with Crippen molar-refractivity contribution >= 4 is 37.1 Å². The molecule has 0 spiro atoms. The first kappa shape index (κ1) is 33.6. The van der Waals surface area contributed by atoms with Crippen LogP contribution in [0.3, 0.4) is 0 Å². The Balaban J connectivity index is 1.67. The van der Waals surface area contributed by atoms with Crippen LogP contribution in [0.1, 0.15) is 87.5 Å². The molecule has 47 heavy (non-hydrogen) atoms. The summed E-state index contributed by atoms with van der Waals surface area (Å²) in [5.74, 6) is 0.162. The summed E-state index contributed by atoms with van der Waals surface area (Å²) in [4.78, 5) is 7.17. The van der Waals surface area contributed by atoms with E-state index in [1.165, 1.54) is 5.56 Å². The zero-order valence-electron chi connectivity index (χ0n) is 28.0. The molecule has 0 saturated carbocycles. The molecule has 3 aromatic rings. The molecule has 10 nitrogen and oxygen atoms in total. The topological polar surface area (TPSA) is 133 Å². The van der Waals surface area contributed by atoms with Crippen LogP contribution in [0.15, 0.2) is 47.7 Å². The standard InChI is InChI=1S/C35H44N4O6S2/c1-7-39-31-20-29-27(18-25(31)24(21-34(39,2)3)22-47(43,44)45)32(33-37(6)14-15-38(33)13-8-9-16-46(40,41)42)26-17-23-11-10-12-36-30(23)19-28(26)35(29,4)5/h14-15,17-21H,7-13,16,22H2,1-6H3,(H-,40,41,42,43,44,45)/p+1. The van der Waals surface area contributed by atoms with Gasteiger partial charge in [0.2, 0.25) is 0 Å². The lowest BCUT2D eigenvalue weighted by Crippen LogP contribution is -2.46. The number of hydrogen-bond donors (Lipinski definition) is 2. The molecule has 0 bridgehead atoms. The first-order valence-electron chi connectivity index (χ1n) is 16.3. The molecule has 12 heteroatoms. The lowest BCUT2D eigenvalue weighted by Gasteiger charge is -2.45.